The second kappa shape index (κ2) is 5.99. The molecule has 2 rings (SSSR count). The Morgan fingerprint density at radius 1 is 1.53 bits per heavy atom. The van der Waals surface area contributed by atoms with Gasteiger partial charge in [-0.2, -0.15) is 0 Å². The molecule has 2 aromatic rings. The molecule has 102 valence electrons. The lowest BCUT2D eigenvalue weighted by atomic mass is 10.4. The van der Waals surface area contributed by atoms with Gasteiger partial charge in [0.25, 0.3) is 5.91 Å². The second-order valence-electron chi connectivity index (χ2n) is 4.28. The Kier molecular flexibility index (Phi) is 4.34. The summed E-state index contributed by atoms with van der Waals surface area (Å²) in [6.45, 7) is 3.30. The highest BCUT2D eigenvalue weighted by atomic mass is 32.1. The van der Waals surface area contributed by atoms with Gasteiger partial charge in [0.2, 0.25) is 0 Å². The standard InChI is InChI=1S/C13H17N3O2S/c1-9-4-5-11(18-9)12-15-10(8-19-12)13(17)16(3)7-6-14-2/h4-5,8,14H,6-7H2,1-3H3. The van der Waals surface area contributed by atoms with E-state index >= 15 is 0 Å². The predicted octanol–water partition coefficient (Wildman–Crippen LogP) is 2.00. The number of amides is 1. The van der Waals surface area contributed by atoms with Crippen LogP contribution in [0.25, 0.3) is 10.8 Å². The van der Waals surface area contributed by atoms with Crippen LogP contribution in [0.2, 0.25) is 0 Å². The zero-order chi connectivity index (χ0) is 13.8. The van der Waals surface area contributed by atoms with Gasteiger partial charge in [-0.1, -0.05) is 0 Å². The maximum absolute atomic E-state index is 12.1. The first-order chi connectivity index (χ1) is 9.11. The summed E-state index contributed by atoms with van der Waals surface area (Å²) in [6, 6.07) is 3.75. The normalized spacial score (nSPS) is 10.7. The first kappa shape index (κ1) is 13.8. The number of likely N-dealkylation sites (N-methyl/N-ethyl adjacent to an activating group) is 2. The van der Waals surface area contributed by atoms with Gasteiger partial charge in [-0.15, -0.1) is 11.3 Å². The van der Waals surface area contributed by atoms with Crippen molar-refractivity contribution in [2.75, 3.05) is 27.2 Å². The van der Waals surface area contributed by atoms with Crippen molar-refractivity contribution in [3.05, 3.63) is 29.0 Å². The first-order valence-electron chi connectivity index (χ1n) is 6.04. The van der Waals surface area contributed by atoms with E-state index in [0.717, 1.165) is 17.3 Å². The number of nitrogens with zero attached hydrogens (tertiary/aromatic N) is 2. The lowest BCUT2D eigenvalue weighted by molar-refractivity contribution is 0.0792. The zero-order valence-electron chi connectivity index (χ0n) is 11.3. The van der Waals surface area contributed by atoms with E-state index in [-0.39, 0.29) is 5.91 Å². The molecule has 0 unspecified atom stereocenters. The summed E-state index contributed by atoms with van der Waals surface area (Å²) in [7, 11) is 3.63. The highest BCUT2D eigenvalue weighted by molar-refractivity contribution is 7.13. The van der Waals surface area contributed by atoms with Crippen LogP contribution in [0.3, 0.4) is 0 Å². The minimum absolute atomic E-state index is 0.0685. The number of carbonyl (C=O) groups is 1. The molecule has 0 saturated carbocycles. The molecule has 0 aromatic carbocycles. The van der Waals surface area contributed by atoms with Crippen molar-refractivity contribution < 1.29 is 9.21 Å². The summed E-state index contributed by atoms with van der Waals surface area (Å²) in [5.74, 6) is 1.48. The average Bonchev–Trinajstić information content (AvgIpc) is 3.03. The quantitative estimate of drug-likeness (QED) is 0.909. The molecule has 0 bridgehead atoms. The molecule has 0 aliphatic carbocycles. The maximum atomic E-state index is 12.1. The molecular weight excluding hydrogens is 262 g/mol. The molecular formula is C13H17N3O2S. The van der Waals surface area contributed by atoms with Gasteiger partial charge in [0.1, 0.15) is 11.5 Å². The van der Waals surface area contributed by atoms with Crippen molar-refractivity contribution in [2.45, 2.75) is 6.92 Å². The summed E-state index contributed by atoms with van der Waals surface area (Å²) in [6.07, 6.45) is 0. The molecule has 5 nitrogen and oxygen atoms in total. The van der Waals surface area contributed by atoms with E-state index in [4.69, 9.17) is 4.42 Å². The minimum atomic E-state index is -0.0685. The summed E-state index contributed by atoms with van der Waals surface area (Å²) < 4.78 is 5.50. The third kappa shape index (κ3) is 3.21. The fourth-order valence-corrected chi connectivity index (χ4v) is 2.36. The van der Waals surface area contributed by atoms with Crippen LogP contribution in [0, 0.1) is 6.92 Å². The van der Waals surface area contributed by atoms with Gasteiger partial charge in [0, 0.05) is 25.5 Å². The lowest BCUT2D eigenvalue weighted by Gasteiger charge is -2.15. The number of hydrogen-bond acceptors (Lipinski definition) is 5. The third-order valence-electron chi connectivity index (χ3n) is 2.72. The van der Waals surface area contributed by atoms with Gasteiger partial charge in [0.05, 0.1) is 0 Å². The molecule has 1 amide bonds. The molecule has 0 spiro atoms. The Morgan fingerprint density at radius 2 is 2.32 bits per heavy atom. The fraction of sp³-hybridized carbons (Fsp3) is 0.385. The van der Waals surface area contributed by atoms with Crippen LogP contribution in [-0.2, 0) is 0 Å². The van der Waals surface area contributed by atoms with E-state index in [1.165, 1.54) is 11.3 Å². The Labute approximate surface area is 116 Å². The summed E-state index contributed by atoms with van der Waals surface area (Å²) in [5.41, 5.74) is 0.465. The van der Waals surface area contributed by atoms with Gasteiger partial charge < -0.3 is 14.6 Å². The lowest BCUT2D eigenvalue weighted by Crippen LogP contribution is -2.32. The largest absolute Gasteiger partial charge is 0.459 e. The van der Waals surface area contributed by atoms with Crippen molar-refractivity contribution in [1.82, 2.24) is 15.2 Å². The molecule has 0 aliphatic rings. The SMILES string of the molecule is CNCCN(C)C(=O)c1csc(-c2ccc(C)o2)n1. The average molecular weight is 279 g/mol. The van der Waals surface area contributed by atoms with Crippen LogP contribution in [0.1, 0.15) is 16.2 Å². The molecule has 6 heteroatoms. The monoisotopic (exact) mass is 279 g/mol. The smallest absolute Gasteiger partial charge is 0.273 e. The molecule has 1 N–H and O–H groups in total. The van der Waals surface area contributed by atoms with E-state index in [1.807, 2.05) is 26.1 Å². The highest BCUT2D eigenvalue weighted by Crippen LogP contribution is 2.25. The molecule has 0 radical (unpaired) electrons. The number of aryl methyl sites for hydroxylation is 1. The summed E-state index contributed by atoms with van der Waals surface area (Å²) in [4.78, 5) is 18.1. The molecule has 0 aliphatic heterocycles. The predicted molar refractivity (Wildman–Crippen MR) is 75.4 cm³/mol. The van der Waals surface area contributed by atoms with Crippen LogP contribution in [0.4, 0.5) is 0 Å². The number of thiazole rings is 1. The van der Waals surface area contributed by atoms with Crippen LogP contribution in [0.15, 0.2) is 21.9 Å². The molecule has 2 heterocycles. The number of carbonyl (C=O) groups excluding carboxylic acids is 1. The van der Waals surface area contributed by atoms with Gasteiger partial charge in [-0.25, -0.2) is 4.98 Å². The highest BCUT2D eigenvalue weighted by Gasteiger charge is 2.16. The Hall–Kier alpha value is -1.66. The van der Waals surface area contributed by atoms with E-state index in [9.17, 15) is 4.79 Å². The van der Waals surface area contributed by atoms with E-state index in [2.05, 4.69) is 10.3 Å². The molecule has 19 heavy (non-hydrogen) atoms. The van der Waals surface area contributed by atoms with Crippen molar-refractivity contribution in [2.24, 2.45) is 0 Å². The van der Waals surface area contributed by atoms with E-state index in [1.54, 1.807) is 17.3 Å². The Balaban J connectivity index is 2.10. The number of nitrogens with one attached hydrogen (secondary N) is 1. The Morgan fingerprint density at radius 3 is 2.95 bits per heavy atom. The van der Waals surface area contributed by atoms with E-state index in [0.29, 0.717) is 18.0 Å². The first-order valence-corrected chi connectivity index (χ1v) is 6.92. The van der Waals surface area contributed by atoms with Crippen molar-refractivity contribution >= 4 is 17.2 Å². The second-order valence-corrected chi connectivity index (χ2v) is 5.14. The molecule has 2 aromatic heterocycles. The molecule has 0 fully saturated rings. The van der Waals surface area contributed by atoms with E-state index < -0.39 is 0 Å². The van der Waals surface area contributed by atoms with Crippen LogP contribution in [-0.4, -0.2) is 43.0 Å². The van der Waals surface area contributed by atoms with Crippen molar-refractivity contribution in [3.63, 3.8) is 0 Å². The zero-order valence-corrected chi connectivity index (χ0v) is 12.1. The van der Waals surface area contributed by atoms with Gasteiger partial charge in [-0.3, -0.25) is 4.79 Å². The third-order valence-corrected chi connectivity index (χ3v) is 3.58. The van der Waals surface area contributed by atoms with Gasteiger partial charge >= 0.3 is 0 Å². The minimum Gasteiger partial charge on any atom is -0.459 e. The van der Waals surface area contributed by atoms with Crippen LogP contribution < -0.4 is 5.32 Å². The Bertz CT molecular complexity index is 562. The summed E-state index contributed by atoms with van der Waals surface area (Å²) in [5, 5.41) is 5.52. The number of rotatable bonds is 5. The number of hydrogen-bond donors (Lipinski definition) is 1. The fourth-order valence-electron chi connectivity index (χ4n) is 1.61. The number of aromatic nitrogens is 1. The van der Waals surface area contributed by atoms with Crippen molar-refractivity contribution in [1.29, 1.82) is 0 Å². The number of furan rings is 1. The molecule has 0 atom stereocenters. The van der Waals surface area contributed by atoms with Gasteiger partial charge in [-0.05, 0) is 26.1 Å². The topological polar surface area (TPSA) is 58.4 Å². The molecule has 0 saturated heterocycles. The van der Waals surface area contributed by atoms with Gasteiger partial charge in [0.15, 0.2) is 10.8 Å². The van der Waals surface area contributed by atoms with Crippen LogP contribution in [0.5, 0.6) is 0 Å². The maximum Gasteiger partial charge on any atom is 0.273 e. The van der Waals surface area contributed by atoms with Crippen molar-refractivity contribution in [3.8, 4) is 10.8 Å². The van der Waals surface area contributed by atoms with Crippen LogP contribution >= 0.6 is 11.3 Å². The summed E-state index contributed by atoms with van der Waals surface area (Å²) >= 11 is 1.42.